The normalized spacial score (nSPS) is 18.7. The summed E-state index contributed by atoms with van der Waals surface area (Å²) in [5.74, 6) is 0.599. The van der Waals surface area contributed by atoms with Gasteiger partial charge in [0.2, 0.25) is 0 Å². The summed E-state index contributed by atoms with van der Waals surface area (Å²) in [7, 11) is 0. The molecule has 0 spiro atoms. The van der Waals surface area contributed by atoms with Crippen LogP contribution < -0.4 is 5.32 Å². The zero-order chi connectivity index (χ0) is 19.2. The Bertz CT molecular complexity index is 756. The van der Waals surface area contributed by atoms with Gasteiger partial charge in [0, 0.05) is 23.8 Å². The predicted octanol–water partition coefficient (Wildman–Crippen LogP) is 4.07. The first-order chi connectivity index (χ1) is 13.1. The number of benzene rings is 1. The van der Waals surface area contributed by atoms with Crippen molar-refractivity contribution in [2.45, 2.75) is 52.0 Å². The van der Waals surface area contributed by atoms with Crippen molar-refractivity contribution in [2.75, 3.05) is 26.2 Å². The Morgan fingerprint density at radius 3 is 2.89 bits per heavy atom. The number of nitrogens with zero attached hydrogens (tertiary/aromatic N) is 1. The maximum Gasteiger partial charge on any atom is 0.261 e. The molecule has 1 amide bonds. The second-order valence-electron chi connectivity index (χ2n) is 7.98. The first-order valence-corrected chi connectivity index (χ1v) is 11.0. The molecule has 1 atom stereocenters. The first-order valence-electron chi connectivity index (χ1n) is 10.2. The third kappa shape index (κ3) is 5.09. The standard InChI is InChI=1S/C22H32N2O2S/c1-16(2)15-24-12-7-3-4-8-17(24)14-19-18-9-5-6-10-20(18)27-21(19)22(26)23-11-13-25/h5-6,9-10,16-17,25H,3-4,7-8,11-15H2,1-2H3,(H,23,26). The van der Waals surface area contributed by atoms with Gasteiger partial charge in [-0.2, -0.15) is 0 Å². The van der Waals surface area contributed by atoms with E-state index in [0.29, 0.717) is 18.5 Å². The highest BCUT2D eigenvalue weighted by molar-refractivity contribution is 7.21. The van der Waals surface area contributed by atoms with E-state index in [2.05, 4.69) is 42.3 Å². The summed E-state index contributed by atoms with van der Waals surface area (Å²) in [4.78, 5) is 16.2. The number of fused-ring (bicyclic) bond motifs is 1. The zero-order valence-corrected chi connectivity index (χ0v) is 17.4. The van der Waals surface area contributed by atoms with Crippen LogP contribution in [0.4, 0.5) is 0 Å². The van der Waals surface area contributed by atoms with Crippen molar-refractivity contribution < 1.29 is 9.90 Å². The van der Waals surface area contributed by atoms with Gasteiger partial charge in [0.15, 0.2) is 0 Å². The average molecular weight is 389 g/mol. The van der Waals surface area contributed by atoms with Crippen LogP contribution in [-0.2, 0) is 6.42 Å². The molecule has 2 N–H and O–H groups in total. The summed E-state index contributed by atoms with van der Waals surface area (Å²) < 4.78 is 1.17. The molecule has 1 aromatic heterocycles. The molecule has 2 aromatic rings. The Morgan fingerprint density at radius 1 is 1.30 bits per heavy atom. The Hall–Kier alpha value is -1.43. The summed E-state index contributed by atoms with van der Waals surface area (Å²) in [6, 6.07) is 8.85. The number of carbonyl (C=O) groups excluding carboxylic acids is 1. The number of aliphatic hydroxyl groups is 1. The lowest BCUT2D eigenvalue weighted by Crippen LogP contribution is -2.39. The topological polar surface area (TPSA) is 52.6 Å². The van der Waals surface area contributed by atoms with Crippen molar-refractivity contribution >= 4 is 27.3 Å². The molecule has 1 aliphatic rings. The van der Waals surface area contributed by atoms with Gasteiger partial charge in [0.05, 0.1) is 11.5 Å². The molecule has 1 aliphatic heterocycles. The molecule has 1 saturated heterocycles. The van der Waals surface area contributed by atoms with E-state index in [4.69, 9.17) is 5.11 Å². The van der Waals surface area contributed by atoms with Crippen LogP contribution in [0.3, 0.4) is 0 Å². The number of likely N-dealkylation sites (tertiary alicyclic amines) is 1. The highest BCUT2D eigenvalue weighted by Gasteiger charge is 2.26. The summed E-state index contributed by atoms with van der Waals surface area (Å²) in [6.07, 6.45) is 5.98. The average Bonchev–Trinajstić information content (AvgIpc) is 2.88. The molecule has 1 aromatic carbocycles. The van der Waals surface area contributed by atoms with Crippen LogP contribution >= 0.6 is 11.3 Å². The molecule has 148 valence electrons. The summed E-state index contributed by atoms with van der Waals surface area (Å²) >= 11 is 1.58. The predicted molar refractivity (Wildman–Crippen MR) is 114 cm³/mol. The Labute approximate surface area is 166 Å². The third-order valence-electron chi connectivity index (χ3n) is 5.34. The van der Waals surface area contributed by atoms with E-state index >= 15 is 0 Å². The minimum absolute atomic E-state index is 0.0310. The van der Waals surface area contributed by atoms with Crippen molar-refractivity contribution in [2.24, 2.45) is 5.92 Å². The van der Waals surface area contributed by atoms with Crippen LogP contribution in [0.2, 0.25) is 0 Å². The molecule has 3 rings (SSSR count). The van der Waals surface area contributed by atoms with Gasteiger partial charge in [-0.3, -0.25) is 9.69 Å². The van der Waals surface area contributed by atoms with Crippen LogP contribution in [-0.4, -0.2) is 48.2 Å². The van der Waals surface area contributed by atoms with Crippen LogP contribution in [0.5, 0.6) is 0 Å². The van der Waals surface area contributed by atoms with Crippen molar-refractivity contribution in [3.05, 3.63) is 34.7 Å². The molecular formula is C22H32N2O2S. The number of aliphatic hydroxyl groups excluding tert-OH is 1. The van der Waals surface area contributed by atoms with Gasteiger partial charge in [-0.1, -0.05) is 44.9 Å². The number of amides is 1. The second-order valence-corrected chi connectivity index (χ2v) is 9.03. The lowest BCUT2D eigenvalue weighted by atomic mass is 9.97. The third-order valence-corrected chi connectivity index (χ3v) is 6.55. The number of thiophene rings is 1. The fraction of sp³-hybridized carbons (Fsp3) is 0.591. The monoisotopic (exact) mass is 388 g/mol. The van der Waals surface area contributed by atoms with E-state index in [0.717, 1.165) is 24.4 Å². The van der Waals surface area contributed by atoms with E-state index < -0.39 is 0 Å². The Kier molecular flexibility index (Phi) is 7.27. The summed E-state index contributed by atoms with van der Waals surface area (Å²) in [5.41, 5.74) is 1.19. The van der Waals surface area contributed by atoms with E-state index in [-0.39, 0.29) is 12.5 Å². The van der Waals surface area contributed by atoms with Gasteiger partial charge in [0.25, 0.3) is 5.91 Å². The van der Waals surface area contributed by atoms with Crippen molar-refractivity contribution in [3.8, 4) is 0 Å². The van der Waals surface area contributed by atoms with E-state index in [1.165, 1.54) is 41.3 Å². The number of hydrogen-bond donors (Lipinski definition) is 2. The fourth-order valence-electron chi connectivity index (χ4n) is 4.15. The maximum atomic E-state index is 12.7. The Morgan fingerprint density at radius 2 is 2.11 bits per heavy atom. The largest absolute Gasteiger partial charge is 0.395 e. The molecule has 1 fully saturated rings. The molecule has 2 heterocycles. The van der Waals surface area contributed by atoms with Gasteiger partial charge in [-0.05, 0) is 48.7 Å². The first kappa shape index (κ1) is 20.3. The lowest BCUT2D eigenvalue weighted by Gasteiger charge is -2.31. The number of carbonyl (C=O) groups is 1. The van der Waals surface area contributed by atoms with E-state index in [1.807, 2.05) is 6.07 Å². The van der Waals surface area contributed by atoms with Crippen molar-refractivity contribution in [1.29, 1.82) is 0 Å². The molecule has 27 heavy (non-hydrogen) atoms. The quantitative estimate of drug-likeness (QED) is 0.752. The van der Waals surface area contributed by atoms with Crippen LogP contribution in [0.15, 0.2) is 24.3 Å². The highest BCUT2D eigenvalue weighted by Crippen LogP contribution is 2.34. The number of nitrogens with one attached hydrogen (secondary N) is 1. The van der Waals surface area contributed by atoms with Gasteiger partial charge < -0.3 is 10.4 Å². The SMILES string of the molecule is CC(C)CN1CCCCCC1Cc1c(C(=O)NCCO)sc2ccccc12. The molecule has 0 radical (unpaired) electrons. The van der Waals surface area contributed by atoms with Gasteiger partial charge >= 0.3 is 0 Å². The maximum absolute atomic E-state index is 12.7. The van der Waals surface area contributed by atoms with Gasteiger partial charge in [0.1, 0.15) is 0 Å². The Balaban J connectivity index is 1.92. The second kappa shape index (κ2) is 9.67. The van der Waals surface area contributed by atoms with E-state index in [1.54, 1.807) is 11.3 Å². The van der Waals surface area contributed by atoms with Crippen molar-refractivity contribution in [1.82, 2.24) is 10.2 Å². The summed E-state index contributed by atoms with van der Waals surface area (Å²) in [5, 5.41) is 13.1. The van der Waals surface area contributed by atoms with Crippen LogP contribution in [0.1, 0.15) is 54.8 Å². The number of rotatable bonds is 7. The molecule has 0 saturated carbocycles. The van der Waals surface area contributed by atoms with Gasteiger partial charge in [-0.15, -0.1) is 11.3 Å². The fourth-order valence-corrected chi connectivity index (χ4v) is 5.30. The summed E-state index contributed by atoms with van der Waals surface area (Å²) in [6.45, 7) is 7.13. The smallest absolute Gasteiger partial charge is 0.261 e. The molecule has 4 nitrogen and oxygen atoms in total. The minimum Gasteiger partial charge on any atom is -0.395 e. The van der Waals surface area contributed by atoms with Crippen molar-refractivity contribution in [3.63, 3.8) is 0 Å². The van der Waals surface area contributed by atoms with Gasteiger partial charge in [-0.25, -0.2) is 0 Å². The zero-order valence-electron chi connectivity index (χ0n) is 16.5. The van der Waals surface area contributed by atoms with Crippen LogP contribution in [0.25, 0.3) is 10.1 Å². The highest BCUT2D eigenvalue weighted by atomic mass is 32.1. The molecule has 5 heteroatoms. The lowest BCUT2D eigenvalue weighted by molar-refractivity contribution is 0.0947. The molecule has 1 unspecified atom stereocenters. The molecule has 0 bridgehead atoms. The number of hydrogen-bond acceptors (Lipinski definition) is 4. The van der Waals surface area contributed by atoms with E-state index in [9.17, 15) is 4.79 Å². The molecule has 0 aliphatic carbocycles. The molecular weight excluding hydrogens is 356 g/mol. The van der Waals surface area contributed by atoms with Crippen LogP contribution in [0, 0.1) is 5.92 Å². The minimum atomic E-state index is -0.0516.